The van der Waals surface area contributed by atoms with Gasteiger partial charge in [-0.1, -0.05) is 0 Å². The molecule has 2 N–H and O–H groups in total. The summed E-state index contributed by atoms with van der Waals surface area (Å²) in [7, 11) is -3.67. The summed E-state index contributed by atoms with van der Waals surface area (Å²) < 4.78 is 30.9. The van der Waals surface area contributed by atoms with Gasteiger partial charge in [0.1, 0.15) is 0 Å². The zero-order valence-electron chi connectivity index (χ0n) is 6.93. The summed E-state index contributed by atoms with van der Waals surface area (Å²) in [6.07, 6.45) is 1.75. The van der Waals surface area contributed by atoms with Gasteiger partial charge in [-0.15, -0.1) is 0 Å². The van der Waals surface area contributed by atoms with E-state index in [0.717, 1.165) is 19.6 Å². The molecule has 0 radical (unpaired) electrons. The normalized spacial score (nSPS) is 23.1. The molecule has 1 aliphatic rings. The Kier molecular flexibility index (Phi) is 5.39. The molecule has 1 heterocycles. The van der Waals surface area contributed by atoms with Crippen molar-refractivity contribution in [2.24, 2.45) is 5.92 Å². The van der Waals surface area contributed by atoms with E-state index in [2.05, 4.69) is 0 Å². The van der Waals surface area contributed by atoms with Crippen LogP contribution in [0.4, 0.5) is 0 Å². The van der Waals surface area contributed by atoms with Crippen molar-refractivity contribution in [2.45, 2.75) is 6.42 Å². The molecule has 1 unspecified atom stereocenters. The van der Waals surface area contributed by atoms with Crippen LogP contribution in [0.25, 0.3) is 0 Å². The highest BCUT2D eigenvalue weighted by atomic mass is 32.2. The Bertz CT molecular complexity index is 184. The zero-order chi connectivity index (χ0) is 9.61. The van der Waals surface area contributed by atoms with Crippen molar-refractivity contribution >= 4 is 10.1 Å². The molecule has 0 spiro atoms. The van der Waals surface area contributed by atoms with Gasteiger partial charge >= 0.3 is 0 Å². The van der Waals surface area contributed by atoms with Crippen molar-refractivity contribution in [2.75, 3.05) is 26.1 Å². The van der Waals surface area contributed by atoms with Crippen molar-refractivity contribution in [1.82, 2.24) is 0 Å². The van der Waals surface area contributed by atoms with Crippen LogP contribution in [0.1, 0.15) is 6.42 Å². The Balaban J connectivity index is 0.000000217. The van der Waals surface area contributed by atoms with Gasteiger partial charge in [-0.3, -0.25) is 4.55 Å². The van der Waals surface area contributed by atoms with Gasteiger partial charge in [0.2, 0.25) is 0 Å². The van der Waals surface area contributed by atoms with Crippen LogP contribution in [0, 0.1) is 5.92 Å². The average Bonchev–Trinajstić information content (AvgIpc) is 2.33. The lowest BCUT2D eigenvalue weighted by atomic mass is 10.1. The number of rotatable bonds is 1. The van der Waals surface area contributed by atoms with Gasteiger partial charge < -0.3 is 9.84 Å². The molecule has 6 heteroatoms. The third-order valence-electron chi connectivity index (χ3n) is 1.28. The first kappa shape index (κ1) is 11.8. The van der Waals surface area contributed by atoms with Crippen LogP contribution in [-0.2, 0) is 14.9 Å². The summed E-state index contributed by atoms with van der Waals surface area (Å²) in [4.78, 5) is 0. The highest BCUT2D eigenvalue weighted by Gasteiger charge is 2.12. The van der Waals surface area contributed by atoms with Crippen molar-refractivity contribution in [1.29, 1.82) is 0 Å². The van der Waals surface area contributed by atoms with Crippen LogP contribution in [0.15, 0.2) is 0 Å². The minimum atomic E-state index is -3.67. The van der Waals surface area contributed by atoms with E-state index in [1.54, 1.807) is 0 Å². The molecule has 1 aliphatic heterocycles. The van der Waals surface area contributed by atoms with E-state index in [4.69, 9.17) is 14.4 Å². The second kappa shape index (κ2) is 5.47. The highest BCUT2D eigenvalue weighted by Crippen LogP contribution is 2.09. The fourth-order valence-corrected chi connectivity index (χ4v) is 0.727. The van der Waals surface area contributed by atoms with E-state index in [1.807, 2.05) is 0 Å². The molecule has 1 fully saturated rings. The second-order valence-corrected chi connectivity index (χ2v) is 4.11. The van der Waals surface area contributed by atoms with E-state index in [1.165, 1.54) is 0 Å². The topological polar surface area (TPSA) is 83.8 Å². The molecule has 0 aromatic heterocycles. The van der Waals surface area contributed by atoms with E-state index in [0.29, 0.717) is 18.8 Å². The molecule has 1 atom stereocenters. The van der Waals surface area contributed by atoms with Crippen molar-refractivity contribution in [3.05, 3.63) is 0 Å². The van der Waals surface area contributed by atoms with Gasteiger partial charge in [0.05, 0.1) is 12.9 Å². The third kappa shape index (κ3) is 9.83. The van der Waals surface area contributed by atoms with Gasteiger partial charge in [-0.25, -0.2) is 0 Å². The Morgan fingerprint density at radius 2 is 2.08 bits per heavy atom. The van der Waals surface area contributed by atoms with Gasteiger partial charge in [0, 0.05) is 19.1 Å². The van der Waals surface area contributed by atoms with E-state index in [-0.39, 0.29) is 0 Å². The number of hydrogen-bond acceptors (Lipinski definition) is 4. The van der Waals surface area contributed by atoms with Gasteiger partial charge in [0.15, 0.2) is 0 Å². The molecular formula is C6H14O5S. The summed E-state index contributed by atoms with van der Waals surface area (Å²) >= 11 is 0. The molecule has 0 aromatic rings. The number of ether oxygens (including phenoxy) is 1. The lowest BCUT2D eigenvalue weighted by Crippen LogP contribution is -2.03. The fraction of sp³-hybridized carbons (Fsp3) is 1.00. The minimum absolute atomic E-state index is 0.292. The summed E-state index contributed by atoms with van der Waals surface area (Å²) in [6.45, 7) is 1.89. The first-order chi connectivity index (χ1) is 5.43. The molecule has 1 saturated heterocycles. The Labute approximate surface area is 72.1 Å². The maximum atomic E-state index is 9.19. The first-order valence-corrected chi connectivity index (χ1v) is 5.39. The molecule has 0 aliphatic carbocycles. The smallest absolute Gasteiger partial charge is 0.261 e. The maximum Gasteiger partial charge on any atom is 0.261 e. The van der Waals surface area contributed by atoms with E-state index in [9.17, 15) is 8.42 Å². The van der Waals surface area contributed by atoms with Crippen LogP contribution in [-0.4, -0.2) is 44.2 Å². The summed E-state index contributed by atoms with van der Waals surface area (Å²) in [6, 6.07) is 0. The van der Waals surface area contributed by atoms with Gasteiger partial charge in [-0.05, 0) is 6.42 Å². The molecule has 0 aromatic carbocycles. The fourth-order valence-electron chi connectivity index (χ4n) is 0.727. The summed E-state index contributed by atoms with van der Waals surface area (Å²) in [5.41, 5.74) is 0. The predicted octanol–water partition coefficient (Wildman–Crippen LogP) is -0.481. The quantitative estimate of drug-likeness (QED) is 0.556. The summed E-state index contributed by atoms with van der Waals surface area (Å²) in [5, 5.41) is 8.49. The number of hydrogen-bond donors (Lipinski definition) is 2. The Morgan fingerprint density at radius 1 is 1.58 bits per heavy atom. The monoisotopic (exact) mass is 198 g/mol. The standard InChI is InChI=1S/C5H10O2.CH4O3S/c6-3-5-1-2-7-4-5;1-5(2,3)4/h5-6H,1-4H2;1H3,(H,2,3,4). The Morgan fingerprint density at radius 3 is 2.25 bits per heavy atom. The Hall–Kier alpha value is -0.170. The number of aliphatic hydroxyl groups excluding tert-OH is 1. The largest absolute Gasteiger partial charge is 0.396 e. The zero-order valence-corrected chi connectivity index (χ0v) is 7.75. The lowest BCUT2D eigenvalue weighted by Gasteiger charge is -1.96. The minimum Gasteiger partial charge on any atom is -0.396 e. The van der Waals surface area contributed by atoms with Gasteiger partial charge in [0.25, 0.3) is 10.1 Å². The molecule has 0 saturated carbocycles. The maximum absolute atomic E-state index is 9.19. The average molecular weight is 198 g/mol. The first-order valence-electron chi connectivity index (χ1n) is 3.54. The van der Waals surface area contributed by atoms with Crippen LogP contribution >= 0.6 is 0 Å². The summed E-state index contributed by atoms with van der Waals surface area (Å²) in [5.74, 6) is 0.431. The highest BCUT2D eigenvalue weighted by molar-refractivity contribution is 7.85. The van der Waals surface area contributed by atoms with Crippen LogP contribution in [0.2, 0.25) is 0 Å². The van der Waals surface area contributed by atoms with Gasteiger partial charge in [-0.2, -0.15) is 8.42 Å². The third-order valence-corrected chi connectivity index (χ3v) is 1.28. The van der Waals surface area contributed by atoms with Crippen LogP contribution in [0.5, 0.6) is 0 Å². The van der Waals surface area contributed by atoms with E-state index < -0.39 is 10.1 Å². The number of aliphatic hydroxyl groups is 1. The SMILES string of the molecule is CS(=O)(=O)O.OCC1CCOC1. The second-order valence-electron chi connectivity index (χ2n) is 2.65. The molecule has 1 rings (SSSR count). The molecule has 0 amide bonds. The molecule has 0 bridgehead atoms. The van der Waals surface area contributed by atoms with Crippen molar-refractivity contribution in [3.8, 4) is 0 Å². The van der Waals surface area contributed by atoms with Crippen LogP contribution < -0.4 is 0 Å². The molecule has 12 heavy (non-hydrogen) atoms. The lowest BCUT2D eigenvalue weighted by molar-refractivity contribution is 0.161. The predicted molar refractivity (Wildman–Crippen MR) is 43.5 cm³/mol. The van der Waals surface area contributed by atoms with Crippen molar-refractivity contribution < 1.29 is 22.8 Å². The molecule has 74 valence electrons. The van der Waals surface area contributed by atoms with E-state index >= 15 is 0 Å². The molecule has 5 nitrogen and oxygen atoms in total. The van der Waals surface area contributed by atoms with Crippen LogP contribution in [0.3, 0.4) is 0 Å². The van der Waals surface area contributed by atoms with Crippen molar-refractivity contribution in [3.63, 3.8) is 0 Å². The molecular weight excluding hydrogens is 184 g/mol.